The van der Waals surface area contributed by atoms with E-state index in [0.717, 1.165) is 5.56 Å². The molecule has 1 heterocycles. The number of benzene rings is 1. The van der Waals surface area contributed by atoms with Crippen LogP contribution >= 0.6 is 11.8 Å². The number of nitrogens with one attached hydrogen (secondary N) is 1. The summed E-state index contributed by atoms with van der Waals surface area (Å²) in [5.74, 6) is 0.523. The quantitative estimate of drug-likeness (QED) is 0.858. The molecule has 0 aliphatic heterocycles. The van der Waals surface area contributed by atoms with E-state index in [2.05, 4.69) is 15.5 Å². The van der Waals surface area contributed by atoms with Crippen molar-refractivity contribution in [2.45, 2.75) is 43.1 Å². The number of thioether (sulfide) groups is 1. The number of carbonyl (C=O) groups is 1. The molecule has 1 atom stereocenters. The standard InChI is InChI=1S/C16H21N3O2S/c1-16(2,3)14-18-19-15(21-14)22-12(13(20)17-4)10-11-8-6-5-7-9-11/h5-9,12H,10H2,1-4H3,(H,17,20)/t12-/m0/s1. The van der Waals surface area contributed by atoms with Gasteiger partial charge in [-0.15, -0.1) is 10.2 Å². The van der Waals surface area contributed by atoms with Crippen molar-refractivity contribution >= 4 is 17.7 Å². The van der Waals surface area contributed by atoms with Gasteiger partial charge in [0.2, 0.25) is 11.8 Å². The van der Waals surface area contributed by atoms with Crippen molar-refractivity contribution in [3.63, 3.8) is 0 Å². The second-order valence-electron chi connectivity index (χ2n) is 6.03. The lowest BCUT2D eigenvalue weighted by atomic mass is 9.97. The van der Waals surface area contributed by atoms with Gasteiger partial charge in [-0.1, -0.05) is 62.9 Å². The third-order valence-electron chi connectivity index (χ3n) is 3.09. The molecular weight excluding hydrogens is 298 g/mol. The molecule has 0 saturated heterocycles. The van der Waals surface area contributed by atoms with Crippen molar-refractivity contribution in [2.24, 2.45) is 0 Å². The summed E-state index contributed by atoms with van der Waals surface area (Å²) in [7, 11) is 1.63. The fourth-order valence-electron chi connectivity index (χ4n) is 1.86. The van der Waals surface area contributed by atoms with E-state index in [1.165, 1.54) is 11.8 Å². The largest absolute Gasteiger partial charge is 0.415 e. The third kappa shape index (κ3) is 4.34. The van der Waals surface area contributed by atoms with Crippen LogP contribution in [0.3, 0.4) is 0 Å². The summed E-state index contributed by atoms with van der Waals surface area (Å²) in [6.45, 7) is 6.03. The fraction of sp³-hybridized carbons (Fsp3) is 0.438. The lowest BCUT2D eigenvalue weighted by Gasteiger charge is -2.13. The predicted octanol–water partition coefficient (Wildman–Crippen LogP) is 2.82. The van der Waals surface area contributed by atoms with E-state index in [9.17, 15) is 4.79 Å². The summed E-state index contributed by atoms with van der Waals surface area (Å²) in [6, 6.07) is 9.89. The maximum Gasteiger partial charge on any atom is 0.277 e. The molecule has 5 nitrogen and oxygen atoms in total. The molecule has 1 aromatic carbocycles. The molecule has 0 radical (unpaired) electrons. The summed E-state index contributed by atoms with van der Waals surface area (Å²) in [5, 5.41) is 10.9. The molecule has 0 unspecified atom stereocenters. The molecule has 0 spiro atoms. The normalized spacial score (nSPS) is 12.9. The second-order valence-corrected chi connectivity index (χ2v) is 7.19. The van der Waals surface area contributed by atoms with Gasteiger partial charge in [-0.25, -0.2) is 0 Å². The first-order chi connectivity index (χ1) is 10.4. The molecule has 0 aliphatic carbocycles. The summed E-state index contributed by atoms with van der Waals surface area (Å²) in [6.07, 6.45) is 0.610. The third-order valence-corrected chi connectivity index (χ3v) is 4.13. The first-order valence-corrected chi connectivity index (χ1v) is 8.04. The van der Waals surface area contributed by atoms with Gasteiger partial charge < -0.3 is 9.73 Å². The SMILES string of the molecule is CNC(=O)[C@H](Cc1ccccc1)Sc1nnc(C(C)(C)C)o1. The summed E-state index contributed by atoms with van der Waals surface area (Å²) >= 11 is 1.30. The van der Waals surface area contributed by atoms with E-state index in [4.69, 9.17) is 4.42 Å². The minimum Gasteiger partial charge on any atom is -0.415 e. The van der Waals surface area contributed by atoms with Gasteiger partial charge in [0, 0.05) is 12.5 Å². The molecule has 2 rings (SSSR count). The van der Waals surface area contributed by atoms with Crippen molar-refractivity contribution in [3.05, 3.63) is 41.8 Å². The fourth-order valence-corrected chi connectivity index (χ4v) is 2.82. The Morgan fingerprint density at radius 3 is 2.50 bits per heavy atom. The molecule has 0 saturated carbocycles. The maximum atomic E-state index is 12.1. The Kier molecular flexibility index (Phi) is 5.24. The van der Waals surface area contributed by atoms with Crippen LogP contribution in [-0.4, -0.2) is 28.4 Å². The topological polar surface area (TPSA) is 68.0 Å². The highest BCUT2D eigenvalue weighted by Gasteiger charge is 2.25. The van der Waals surface area contributed by atoms with Crippen molar-refractivity contribution in [1.29, 1.82) is 0 Å². The highest BCUT2D eigenvalue weighted by atomic mass is 32.2. The van der Waals surface area contributed by atoms with Crippen molar-refractivity contribution in [3.8, 4) is 0 Å². The van der Waals surface area contributed by atoms with Crippen LogP contribution in [0.4, 0.5) is 0 Å². The van der Waals surface area contributed by atoms with E-state index in [-0.39, 0.29) is 16.6 Å². The van der Waals surface area contributed by atoms with Gasteiger partial charge in [0.15, 0.2) is 0 Å². The first-order valence-electron chi connectivity index (χ1n) is 7.16. The van der Waals surface area contributed by atoms with E-state index in [0.29, 0.717) is 17.5 Å². The van der Waals surface area contributed by atoms with E-state index >= 15 is 0 Å². The number of hydrogen-bond donors (Lipinski definition) is 1. The molecule has 0 bridgehead atoms. The molecule has 1 aromatic heterocycles. The van der Waals surface area contributed by atoms with E-state index < -0.39 is 0 Å². The summed E-state index contributed by atoms with van der Waals surface area (Å²) in [4.78, 5) is 12.1. The zero-order valence-electron chi connectivity index (χ0n) is 13.3. The van der Waals surface area contributed by atoms with Crippen molar-refractivity contribution in [2.75, 3.05) is 7.05 Å². The lowest BCUT2D eigenvalue weighted by molar-refractivity contribution is -0.120. The second kappa shape index (κ2) is 6.96. The number of aromatic nitrogens is 2. The van der Waals surface area contributed by atoms with Gasteiger partial charge in [0.1, 0.15) is 0 Å². The molecular formula is C16H21N3O2S. The smallest absolute Gasteiger partial charge is 0.277 e. The van der Waals surface area contributed by atoms with Gasteiger partial charge in [-0.05, 0) is 12.0 Å². The van der Waals surface area contributed by atoms with E-state index in [1.807, 2.05) is 51.1 Å². The van der Waals surface area contributed by atoms with Gasteiger partial charge >= 0.3 is 0 Å². The van der Waals surface area contributed by atoms with Gasteiger partial charge in [-0.3, -0.25) is 4.79 Å². The number of nitrogens with zero attached hydrogens (tertiary/aromatic N) is 2. The zero-order chi connectivity index (χ0) is 16.2. The van der Waals surface area contributed by atoms with Crippen LogP contribution < -0.4 is 5.32 Å². The summed E-state index contributed by atoms with van der Waals surface area (Å²) < 4.78 is 5.67. The minimum atomic E-state index is -0.305. The molecule has 118 valence electrons. The lowest BCUT2D eigenvalue weighted by Crippen LogP contribution is -2.31. The Hall–Kier alpha value is -1.82. The van der Waals surface area contributed by atoms with E-state index in [1.54, 1.807) is 7.05 Å². The first kappa shape index (κ1) is 16.5. The Labute approximate surface area is 134 Å². The Balaban J connectivity index is 2.13. The molecule has 1 amide bonds. The Bertz CT molecular complexity index is 620. The number of amides is 1. The van der Waals surface area contributed by atoms with Gasteiger partial charge in [0.05, 0.1) is 5.25 Å². The number of hydrogen-bond acceptors (Lipinski definition) is 5. The maximum absolute atomic E-state index is 12.1. The highest BCUT2D eigenvalue weighted by Crippen LogP contribution is 2.28. The number of carbonyl (C=O) groups excluding carboxylic acids is 1. The molecule has 0 fully saturated rings. The summed E-state index contributed by atoms with van der Waals surface area (Å²) in [5.41, 5.74) is 0.896. The van der Waals surface area contributed by atoms with Gasteiger partial charge in [-0.2, -0.15) is 0 Å². The predicted molar refractivity (Wildman–Crippen MR) is 86.9 cm³/mol. The van der Waals surface area contributed by atoms with Crippen LogP contribution in [0.15, 0.2) is 40.0 Å². The number of rotatable bonds is 5. The van der Waals surface area contributed by atoms with Crippen LogP contribution in [0, 0.1) is 0 Å². The zero-order valence-corrected chi connectivity index (χ0v) is 14.1. The average molecular weight is 319 g/mol. The monoisotopic (exact) mass is 319 g/mol. The van der Waals surface area contributed by atoms with Crippen molar-refractivity contribution < 1.29 is 9.21 Å². The van der Waals surface area contributed by atoms with Crippen LogP contribution in [0.1, 0.15) is 32.2 Å². The minimum absolute atomic E-state index is 0.0515. The average Bonchev–Trinajstić information content (AvgIpc) is 2.95. The molecule has 22 heavy (non-hydrogen) atoms. The molecule has 1 N–H and O–H groups in total. The Morgan fingerprint density at radius 1 is 1.27 bits per heavy atom. The highest BCUT2D eigenvalue weighted by molar-refractivity contribution is 8.00. The molecule has 0 aliphatic rings. The van der Waals surface area contributed by atoms with Gasteiger partial charge in [0.25, 0.3) is 5.22 Å². The van der Waals surface area contributed by atoms with Crippen molar-refractivity contribution in [1.82, 2.24) is 15.5 Å². The van der Waals surface area contributed by atoms with Crippen LogP contribution in [-0.2, 0) is 16.6 Å². The van der Waals surface area contributed by atoms with Crippen LogP contribution in [0.5, 0.6) is 0 Å². The Morgan fingerprint density at radius 2 is 1.95 bits per heavy atom. The van der Waals surface area contributed by atoms with Crippen LogP contribution in [0.2, 0.25) is 0 Å². The molecule has 2 aromatic rings. The molecule has 6 heteroatoms. The van der Waals surface area contributed by atoms with Crippen LogP contribution in [0.25, 0.3) is 0 Å².